The maximum absolute atomic E-state index is 12.2. The fraction of sp³-hybridized carbons (Fsp3) is 0.929. The molecule has 2 saturated heterocycles. The summed E-state index contributed by atoms with van der Waals surface area (Å²) in [6, 6.07) is 0. The maximum Gasteiger partial charge on any atom is 0.236 e. The van der Waals surface area contributed by atoms with E-state index >= 15 is 0 Å². The van der Waals surface area contributed by atoms with E-state index in [0.717, 1.165) is 51.5 Å². The van der Waals surface area contributed by atoms with E-state index in [1.54, 1.807) is 0 Å². The predicted octanol–water partition coefficient (Wildman–Crippen LogP) is 0.916. The van der Waals surface area contributed by atoms with Gasteiger partial charge in [-0.25, -0.2) is 0 Å². The maximum atomic E-state index is 12.2. The number of carbonyl (C=O) groups is 1. The summed E-state index contributed by atoms with van der Waals surface area (Å²) in [5.74, 6) is 1.69. The molecule has 0 spiro atoms. The SMILES string of the molecule is CC1CCN(C(=O)CN2CCCC(CN)C2)CC1. The van der Waals surface area contributed by atoms with Crippen molar-refractivity contribution in [2.45, 2.75) is 32.6 Å². The van der Waals surface area contributed by atoms with Gasteiger partial charge in [0.2, 0.25) is 5.91 Å². The summed E-state index contributed by atoms with van der Waals surface area (Å²) in [5.41, 5.74) is 5.73. The summed E-state index contributed by atoms with van der Waals surface area (Å²) in [4.78, 5) is 16.6. The lowest BCUT2D eigenvalue weighted by atomic mass is 9.97. The van der Waals surface area contributed by atoms with Gasteiger partial charge in [-0.15, -0.1) is 0 Å². The highest BCUT2D eigenvalue weighted by molar-refractivity contribution is 5.78. The highest BCUT2D eigenvalue weighted by atomic mass is 16.2. The van der Waals surface area contributed by atoms with Gasteiger partial charge < -0.3 is 10.6 Å². The molecule has 0 aromatic heterocycles. The Labute approximate surface area is 110 Å². The van der Waals surface area contributed by atoms with Gasteiger partial charge in [-0.05, 0) is 50.6 Å². The number of nitrogens with two attached hydrogens (primary N) is 1. The molecular weight excluding hydrogens is 226 g/mol. The molecule has 2 aliphatic heterocycles. The molecule has 1 atom stereocenters. The lowest BCUT2D eigenvalue weighted by molar-refractivity contribution is -0.134. The summed E-state index contributed by atoms with van der Waals surface area (Å²) in [5, 5.41) is 0. The molecule has 2 N–H and O–H groups in total. The molecule has 0 radical (unpaired) electrons. The first-order chi connectivity index (χ1) is 8.69. The Morgan fingerprint density at radius 1 is 1.22 bits per heavy atom. The number of amides is 1. The third kappa shape index (κ3) is 3.69. The van der Waals surface area contributed by atoms with Crippen LogP contribution < -0.4 is 5.73 Å². The molecule has 1 amide bonds. The first-order valence-corrected chi connectivity index (χ1v) is 7.39. The first-order valence-electron chi connectivity index (χ1n) is 7.39. The second-order valence-electron chi connectivity index (χ2n) is 6.04. The third-order valence-electron chi connectivity index (χ3n) is 4.43. The van der Waals surface area contributed by atoms with Gasteiger partial charge in [-0.3, -0.25) is 9.69 Å². The van der Waals surface area contributed by atoms with Crippen molar-refractivity contribution in [2.24, 2.45) is 17.6 Å². The monoisotopic (exact) mass is 253 g/mol. The molecule has 1 unspecified atom stereocenters. The predicted molar refractivity (Wildman–Crippen MR) is 73.2 cm³/mol. The fourth-order valence-corrected chi connectivity index (χ4v) is 3.04. The van der Waals surface area contributed by atoms with Crippen LogP contribution in [0.5, 0.6) is 0 Å². The Kier molecular flexibility index (Phi) is 5.01. The van der Waals surface area contributed by atoms with Crippen LogP contribution in [0.15, 0.2) is 0 Å². The van der Waals surface area contributed by atoms with Crippen molar-refractivity contribution >= 4 is 5.91 Å². The van der Waals surface area contributed by atoms with Crippen LogP contribution in [0.25, 0.3) is 0 Å². The quantitative estimate of drug-likeness (QED) is 0.813. The van der Waals surface area contributed by atoms with E-state index in [9.17, 15) is 4.79 Å². The normalized spacial score (nSPS) is 27.4. The number of hydrogen-bond donors (Lipinski definition) is 1. The molecule has 4 heteroatoms. The zero-order valence-electron chi connectivity index (χ0n) is 11.6. The van der Waals surface area contributed by atoms with Gasteiger partial charge in [-0.1, -0.05) is 6.92 Å². The van der Waals surface area contributed by atoms with Crippen LogP contribution in [0.3, 0.4) is 0 Å². The summed E-state index contributed by atoms with van der Waals surface area (Å²) >= 11 is 0. The zero-order chi connectivity index (χ0) is 13.0. The molecule has 2 heterocycles. The van der Waals surface area contributed by atoms with Crippen LogP contribution >= 0.6 is 0 Å². The van der Waals surface area contributed by atoms with E-state index in [1.807, 2.05) is 4.90 Å². The van der Waals surface area contributed by atoms with Crippen LogP contribution in [0, 0.1) is 11.8 Å². The van der Waals surface area contributed by atoms with Crippen molar-refractivity contribution in [3.63, 3.8) is 0 Å². The van der Waals surface area contributed by atoms with Crippen LogP contribution in [-0.2, 0) is 4.79 Å². The second kappa shape index (κ2) is 6.53. The molecule has 2 rings (SSSR count). The van der Waals surface area contributed by atoms with Gasteiger partial charge in [0.25, 0.3) is 0 Å². The van der Waals surface area contributed by atoms with Gasteiger partial charge in [-0.2, -0.15) is 0 Å². The van der Waals surface area contributed by atoms with E-state index in [2.05, 4.69) is 11.8 Å². The first kappa shape index (κ1) is 13.8. The minimum Gasteiger partial charge on any atom is -0.342 e. The molecule has 4 nitrogen and oxygen atoms in total. The van der Waals surface area contributed by atoms with Gasteiger partial charge in [0.1, 0.15) is 0 Å². The van der Waals surface area contributed by atoms with Crippen molar-refractivity contribution in [1.82, 2.24) is 9.80 Å². The van der Waals surface area contributed by atoms with E-state index in [4.69, 9.17) is 5.73 Å². The third-order valence-corrected chi connectivity index (χ3v) is 4.43. The van der Waals surface area contributed by atoms with E-state index in [-0.39, 0.29) is 0 Å². The molecule has 0 bridgehead atoms. The zero-order valence-corrected chi connectivity index (χ0v) is 11.6. The summed E-state index contributed by atoms with van der Waals surface area (Å²) in [7, 11) is 0. The Balaban J connectivity index is 1.76. The summed E-state index contributed by atoms with van der Waals surface area (Å²) in [6.45, 7) is 7.61. The van der Waals surface area contributed by atoms with Crippen molar-refractivity contribution in [3.05, 3.63) is 0 Å². The Morgan fingerprint density at radius 2 is 1.94 bits per heavy atom. The molecule has 18 heavy (non-hydrogen) atoms. The number of carbonyl (C=O) groups excluding carboxylic acids is 1. The lowest BCUT2D eigenvalue weighted by Crippen LogP contribution is -2.47. The Hall–Kier alpha value is -0.610. The number of nitrogens with zero attached hydrogens (tertiary/aromatic N) is 2. The minimum absolute atomic E-state index is 0.319. The van der Waals surface area contributed by atoms with Crippen molar-refractivity contribution < 1.29 is 4.79 Å². The van der Waals surface area contributed by atoms with Crippen molar-refractivity contribution in [1.29, 1.82) is 0 Å². The van der Waals surface area contributed by atoms with E-state index in [0.29, 0.717) is 18.4 Å². The average Bonchev–Trinajstić information content (AvgIpc) is 2.39. The lowest BCUT2D eigenvalue weighted by Gasteiger charge is -2.35. The fourth-order valence-electron chi connectivity index (χ4n) is 3.04. The van der Waals surface area contributed by atoms with Gasteiger partial charge >= 0.3 is 0 Å². The molecule has 104 valence electrons. The standard InChI is InChI=1S/C14H27N3O/c1-12-4-7-17(8-5-12)14(18)11-16-6-2-3-13(9-15)10-16/h12-13H,2-11,15H2,1H3. The summed E-state index contributed by atoms with van der Waals surface area (Å²) in [6.07, 6.45) is 4.74. The smallest absolute Gasteiger partial charge is 0.236 e. The highest BCUT2D eigenvalue weighted by Gasteiger charge is 2.24. The molecule has 2 aliphatic rings. The molecule has 2 fully saturated rings. The molecular formula is C14H27N3O. The minimum atomic E-state index is 0.319. The average molecular weight is 253 g/mol. The van der Waals surface area contributed by atoms with Gasteiger partial charge in [0, 0.05) is 19.6 Å². The second-order valence-corrected chi connectivity index (χ2v) is 6.04. The van der Waals surface area contributed by atoms with Gasteiger partial charge in [0.15, 0.2) is 0 Å². The Morgan fingerprint density at radius 3 is 2.61 bits per heavy atom. The molecule has 0 aromatic rings. The highest BCUT2D eigenvalue weighted by Crippen LogP contribution is 2.18. The topological polar surface area (TPSA) is 49.6 Å². The molecule has 0 saturated carbocycles. The van der Waals surface area contributed by atoms with Crippen LogP contribution in [-0.4, -0.2) is 55.0 Å². The number of likely N-dealkylation sites (tertiary alicyclic amines) is 2. The van der Waals surface area contributed by atoms with Crippen LogP contribution in [0.4, 0.5) is 0 Å². The largest absolute Gasteiger partial charge is 0.342 e. The van der Waals surface area contributed by atoms with Crippen molar-refractivity contribution in [3.8, 4) is 0 Å². The van der Waals surface area contributed by atoms with E-state index < -0.39 is 0 Å². The molecule has 0 aliphatic carbocycles. The number of rotatable bonds is 3. The van der Waals surface area contributed by atoms with E-state index in [1.165, 1.54) is 12.8 Å². The number of piperidine rings is 2. The van der Waals surface area contributed by atoms with Crippen LogP contribution in [0.1, 0.15) is 32.6 Å². The molecule has 0 aromatic carbocycles. The summed E-state index contributed by atoms with van der Waals surface area (Å²) < 4.78 is 0. The van der Waals surface area contributed by atoms with Crippen molar-refractivity contribution in [2.75, 3.05) is 39.3 Å². The Bertz CT molecular complexity index is 274. The van der Waals surface area contributed by atoms with Crippen LogP contribution in [0.2, 0.25) is 0 Å². The number of hydrogen-bond acceptors (Lipinski definition) is 3. The van der Waals surface area contributed by atoms with Gasteiger partial charge in [0.05, 0.1) is 6.54 Å².